The fourth-order valence-corrected chi connectivity index (χ4v) is 4.89. The first kappa shape index (κ1) is 20.6. The summed E-state index contributed by atoms with van der Waals surface area (Å²) < 4.78 is 29.0. The van der Waals surface area contributed by atoms with E-state index < -0.39 is 14.8 Å². The summed E-state index contributed by atoms with van der Waals surface area (Å²) in [4.78, 5) is 13.5. The lowest BCUT2D eigenvalue weighted by Gasteiger charge is -2.30. The summed E-state index contributed by atoms with van der Waals surface area (Å²) in [5.41, 5.74) is 1.21. The second-order valence-corrected chi connectivity index (χ2v) is 9.95. The van der Waals surface area contributed by atoms with Crippen molar-refractivity contribution in [2.24, 2.45) is 0 Å². The maximum atomic E-state index is 11.8. The quantitative estimate of drug-likeness (QED) is 0.529. The summed E-state index contributed by atoms with van der Waals surface area (Å²) in [5.74, 6) is 0.775. The van der Waals surface area contributed by atoms with Gasteiger partial charge in [0.15, 0.2) is 9.84 Å². The fraction of sp³-hybridized carbons (Fsp3) is 0.429. The van der Waals surface area contributed by atoms with E-state index >= 15 is 0 Å². The third kappa shape index (κ3) is 4.13. The average molecular weight is 432 g/mol. The Balaban J connectivity index is 1.68. The van der Waals surface area contributed by atoms with Crippen LogP contribution in [0, 0.1) is 10.1 Å². The van der Waals surface area contributed by atoms with Gasteiger partial charge in [-0.1, -0.05) is 12.1 Å². The molecule has 2 aromatic rings. The summed E-state index contributed by atoms with van der Waals surface area (Å²) in [5, 5.41) is 15.0. The molecule has 2 aromatic carbocycles. The van der Waals surface area contributed by atoms with Crippen molar-refractivity contribution in [1.29, 1.82) is 0 Å². The van der Waals surface area contributed by atoms with Crippen molar-refractivity contribution in [3.05, 3.63) is 58.1 Å². The van der Waals surface area contributed by atoms with Gasteiger partial charge in [0.1, 0.15) is 11.4 Å². The fourth-order valence-electron chi connectivity index (χ4n) is 4.25. The summed E-state index contributed by atoms with van der Waals surface area (Å²) in [7, 11) is -1.90. The Morgan fingerprint density at radius 3 is 2.57 bits per heavy atom. The van der Waals surface area contributed by atoms with E-state index in [9.17, 15) is 18.5 Å². The molecule has 1 aliphatic carbocycles. The maximum absolute atomic E-state index is 11.8. The summed E-state index contributed by atoms with van der Waals surface area (Å²) in [6.07, 6.45) is 4.21. The molecule has 1 N–H and O–H groups in total. The monoisotopic (exact) mass is 431 g/mol. The Hall–Kier alpha value is -2.65. The molecule has 30 heavy (non-hydrogen) atoms. The second-order valence-electron chi connectivity index (χ2n) is 7.94. The molecule has 0 spiro atoms. The molecule has 2 unspecified atom stereocenters. The molecular weight excluding hydrogens is 406 g/mol. The van der Waals surface area contributed by atoms with E-state index in [0.717, 1.165) is 49.4 Å². The first-order valence-corrected chi connectivity index (χ1v) is 11.8. The average Bonchev–Trinajstić information content (AvgIpc) is 3.47. The van der Waals surface area contributed by atoms with Gasteiger partial charge in [-0.3, -0.25) is 15.0 Å². The van der Waals surface area contributed by atoms with Crippen molar-refractivity contribution in [2.45, 2.75) is 42.3 Å². The second kappa shape index (κ2) is 7.88. The number of rotatable bonds is 7. The number of hydrogen-bond donors (Lipinski definition) is 1. The molecular formula is C21H25N3O5S. The first-order chi connectivity index (χ1) is 14.3. The molecule has 0 aromatic heterocycles. The van der Waals surface area contributed by atoms with Crippen LogP contribution in [0.4, 0.5) is 11.4 Å². The smallest absolute Gasteiger partial charge is 0.293 e. The molecule has 0 radical (unpaired) electrons. The summed E-state index contributed by atoms with van der Waals surface area (Å²) in [6, 6.07) is 12.5. The molecule has 2 atom stereocenters. The van der Waals surface area contributed by atoms with E-state index in [0.29, 0.717) is 11.7 Å². The Morgan fingerprint density at radius 2 is 1.93 bits per heavy atom. The van der Waals surface area contributed by atoms with Gasteiger partial charge in [-0.15, -0.1) is 0 Å². The van der Waals surface area contributed by atoms with Crippen LogP contribution in [-0.2, 0) is 9.84 Å². The van der Waals surface area contributed by atoms with Crippen molar-refractivity contribution in [3.63, 3.8) is 0 Å². The number of nitrogens with zero attached hydrogens (tertiary/aromatic N) is 2. The molecule has 8 nitrogen and oxygen atoms in total. The Bertz CT molecular complexity index is 1070. The maximum Gasteiger partial charge on any atom is 0.293 e. The highest BCUT2D eigenvalue weighted by Crippen LogP contribution is 2.43. The van der Waals surface area contributed by atoms with Crippen LogP contribution >= 0.6 is 0 Å². The van der Waals surface area contributed by atoms with Crippen LogP contribution in [0.5, 0.6) is 5.75 Å². The molecule has 0 amide bonds. The molecule has 2 aliphatic rings. The van der Waals surface area contributed by atoms with Crippen LogP contribution in [0.2, 0.25) is 0 Å². The highest BCUT2D eigenvalue weighted by molar-refractivity contribution is 7.90. The van der Waals surface area contributed by atoms with Gasteiger partial charge in [-0.05, 0) is 49.1 Å². The Kier molecular flexibility index (Phi) is 5.42. The van der Waals surface area contributed by atoms with Crippen LogP contribution in [0.3, 0.4) is 0 Å². The van der Waals surface area contributed by atoms with Gasteiger partial charge in [-0.25, -0.2) is 8.42 Å². The van der Waals surface area contributed by atoms with Gasteiger partial charge in [0.05, 0.1) is 23.0 Å². The predicted molar refractivity (Wildman–Crippen MR) is 114 cm³/mol. The molecule has 1 aliphatic heterocycles. The normalized spacial score (nSPS) is 22.1. The lowest BCUT2D eigenvalue weighted by molar-refractivity contribution is -0.384. The number of methoxy groups -OCH3 is 1. The van der Waals surface area contributed by atoms with Crippen molar-refractivity contribution >= 4 is 21.2 Å². The number of nitro groups is 1. The molecule has 0 bridgehead atoms. The number of sulfone groups is 1. The number of likely N-dealkylation sites (tertiary alicyclic amines) is 1. The standard InChI is InChI=1S/C21H25N3O5S/c1-29-16-5-3-4-14(12-16)21-19(10-11-23(21)15-6-7-15)22-18-9-8-17(30(2,27)28)13-20(18)24(25)26/h3-5,8-9,12-13,15,19,21-22H,6-7,10-11H2,1-2H3. The predicted octanol–water partition coefficient (Wildman–Crippen LogP) is 3.40. The topological polar surface area (TPSA) is 102 Å². The van der Waals surface area contributed by atoms with E-state index in [1.54, 1.807) is 7.11 Å². The number of hydrogen-bond acceptors (Lipinski definition) is 7. The number of anilines is 1. The Morgan fingerprint density at radius 1 is 1.17 bits per heavy atom. The van der Waals surface area contributed by atoms with Crippen LogP contribution in [0.25, 0.3) is 0 Å². The van der Waals surface area contributed by atoms with Crippen LogP contribution in [0.15, 0.2) is 47.4 Å². The molecule has 1 heterocycles. The van der Waals surface area contributed by atoms with Crippen molar-refractivity contribution in [3.8, 4) is 5.75 Å². The van der Waals surface area contributed by atoms with Crippen LogP contribution in [-0.4, -0.2) is 50.2 Å². The SMILES string of the molecule is COc1cccc(C2C(Nc3ccc(S(C)(=O)=O)cc3[N+](=O)[O-])CCN2C2CC2)c1. The molecule has 160 valence electrons. The highest BCUT2D eigenvalue weighted by Gasteiger charge is 2.43. The van der Waals surface area contributed by atoms with Gasteiger partial charge < -0.3 is 10.1 Å². The van der Waals surface area contributed by atoms with Crippen LogP contribution < -0.4 is 10.1 Å². The van der Waals surface area contributed by atoms with E-state index in [1.807, 2.05) is 18.2 Å². The molecule has 2 fully saturated rings. The van der Waals surface area contributed by atoms with Crippen molar-refractivity contribution < 1.29 is 18.1 Å². The van der Waals surface area contributed by atoms with Gasteiger partial charge in [-0.2, -0.15) is 0 Å². The lowest BCUT2D eigenvalue weighted by atomic mass is 9.99. The third-order valence-corrected chi connectivity index (χ3v) is 6.93. The molecule has 9 heteroatoms. The van der Waals surface area contributed by atoms with Gasteiger partial charge in [0.25, 0.3) is 5.69 Å². The van der Waals surface area contributed by atoms with E-state index in [-0.39, 0.29) is 22.7 Å². The number of nitro benzene ring substituents is 1. The zero-order valence-electron chi connectivity index (χ0n) is 16.9. The van der Waals surface area contributed by atoms with Gasteiger partial charge >= 0.3 is 0 Å². The minimum Gasteiger partial charge on any atom is -0.497 e. The van der Waals surface area contributed by atoms with Crippen molar-refractivity contribution in [1.82, 2.24) is 4.90 Å². The van der Waals surface area contributed by atoms with Gasteiger partial charge in [0.2, 0.25) is 0 Å². The van der Waals surface area contributed by atoms with Crippen molar-refractivity contribution in [2.75, 3.05) is 25.2 Å². The molecule has 4 rings (SSSR count). The summed E-state index contributed by atoms with van der Waals surface area (Å²) >= 11 is 0. The van der Waals surface area contributed by atoms with E-state index in [1.165, 1.54) is 12.1 Å². The first-order valence-electron chi connectivity index (χ1n) is 9.92. The van der Waals surface area contributed by atoms with Gasteiger partial charge in [0, 0.05) is 31.0 Å². The number of benzene rings is 2. The number of ether oxygens (including phenoxy) is 1. The zero-order valence-corrected chi connectivity index (χ0v) is 17.8. The highest BCUT2D eigenvalue weighted by atomic mass is 32.2. The molecule has 1 saturated carbocycles. The minimum absolute atomic E-state index is 0.0412. The zero-order chi connectivity index (χ0) is 21.5. The molecule has 1 saturated heterocycles. The van der Waals surface area contributed by atoms with E-state index in [2.05, 4.69) is 16.3 Å². The number of nitrogens with one attached hydrogen (secondary N) is 1. The largest absolute Gasteiger partial charge is 0.497 e. The van der Waals surface area contributed by atoms with E-state index in [4.69, 9.17) is 4.74 Å². The summed E-state index contributed by atoms with van der Waals surface area (Å²) in [6.45, 7) is 0.902. The minimum atomic E-state index is -3.53. The lowest BCUT2D eigenvalue weighted by Crippen LogP contribution is -2.32. The Labute approximate surface area is 175 Å². The third-order valence-electron chi connectivity index (χ3n) is 5.82. The van der Waals surface area contributed by atoms with Crippen LogP contribution in [0.1, 0.15) is 30.9 Å².